The summed E-state index contributed by atoms with van der Waals surface area (Å²) < 4.78 is 7.85. The van der Waals surface area contributed by atoms with Crippen molar-refractivity contribution in [3.8, 4) is 11.1 Å². The van der Waals surface area contributed by atoms with E-state index in [1.165, 1.54) is 54.1 Å². The van der Waals surface area contributed by atoms with Gasteiger partial charge >= 0.3 is 0 Å². The molecule has 0 aliphatic carbocycles. The number of furan rings is 1. The van der Waals surface area contributed by atoms with Crippen LogP contribution < -0.4 is 0 Å². The van der Waals surface area contributed by atoms with Crippen LogP contribution >= 0.6 is 11.9 Å². The normalized spacial score (nSPS) is 30.6. The van der Waals surface area contributed by atoms with Crippen LogP contribution in [0.3, 0.4) is 0 Å². The van der Waals surface area contributed by atoms with E-state index >= 15 is 0 Å². The predicted molar refractivity (Wildman–Crippen MR) is 88.5 cm³/mol. The highest BCUT2D eigenvalue weighted by molar-refractivity contribution is 7.97. The van der Waals surface area contributed by atoms with E-state index < -0.39 is 0 Å². The molecule has 22 heavy (non-hydrogen) atoms. The van der Waals surface area contributed by atoms with Crippen LogP contribution in [0.25, 0.3) is 11.1 Å². The molecule has 3 saturated heterocycles. The molecule has 4 heteroatoms. The molecule has 0 saturated carbocycles. The van der Waals surface area contributed by atoms with Gasteiger partial charge in [0.2, 0.25) is 0 Å². The lowest BCUT2D eigenvalue weighted by molar-refractivity contribution is 0.0420. The molecular formula is C18H20N2OS. The second-order valence-corrected chi connectivity index (χ2v) is 7.80. The van der Waals surface area contributed by atoms with Crippen molar-refractivity contribution < 1.29 is 4.42 Å². The van der Waals surface area contributed by atoms with E-state index in [2.05, 4.69) is 27.4 Å². The van der Waals surface area contributed by atoms with Gasteiger partial charge in [-0.3, -0.25) is 0 Å². The third kappa shape index (κ3) is 2.13. The van der Waals surface area contributed by atoms with Crippen molar-refractivity contribution in [1.82, 2.24) is 9.21 Å². The molecule has 3 nitrogen and oxygen atoms in total. The maximum absolute atomic E-state index is 5.22. The van der Waals surface area contributed by atoms with E-state index in [4.69, 9.17) is 4.42 Å². The molecule has 3 fully saturated rings. The third-order valence-corrected chi connectivity index (χ3v) is 6.67. The molecule has 4 aliphatic rings. The van der Waals surface area contributed by atoms with Gasteiger partial charge in [-0.15, -0.1) is 0 Å². The van der Waals surface area contributed by atoms with Crippen LogP contribution in [0.4, 0.5) is 0 Å². The number of nitrogens with zero attached hydrogens (tertiary/aromatic N) is 2. The first-order valence-electron chi connectivity index (χ1n) is 8.19. The SMILES string of the molecule is c1cc(-c2ccc3c(c2)SN([C@@H]2CN4CCC2CC4)C3)co1. The minimum atomic E-state index is 0.734. The minimum absolute atomic E-state index is 0.734. The largest absolute Gasteiger partial charge is 0.472 e. The Balaban J connectivity index is 1.39. The quantitative estimate of drug-likeness (QED) is 0.784. The van der Waals surface area contributed by atoms with Gasteiger partial charge in [0, 0.05) is 29.6 Å². The van der Waals surface area contributed by atoms with Gasteiger partial charge in [-0.05, 0) is 67.1 Å². The van der Waals surface area contributed by atoms with E-state index in [0.717, 1.165) is 18.5 Å². The summed E-state index contributed by atoms with van der Waals surface area (Å²) in [6, 6.07) is 9.62. The summed E-state index contributed by atoms with van der Waals surface area (Å²) in [5.74, 6) is 0.903. The Morgan fingerprint density at radius 1 is 1.09 bits per heavy atom. The fraction of sp³-hybridized carbons (Fsp3) is 0.444. The number of piperidine rings is 3. The first kappa shape index (κ1) is 13.2. The fourth-order valence-corrected chi connectivity index (χ4v) is 5.41. The summed E-state index contributed by atoms with van der Waals surface area (Å²) >= 11 is 1.97. The van der Waals surface area contributed by atoms with Crippen LogP contribution in [-0.2, 0) is 6.54 Å². The molecule has 1 aromatic heterocycles. The zero-order valence-corrected chi connectivity index (χ0v) is 13.4. The first-order chi connectivity index (χ1) is 10.9. The molecular weight excluding hydrogens is 292 g/mol. The van der Waals surface area contributed by atoms with Crippen molar-refractivity contribution in [2.45, 2.75) is 30.3 Å². The molecule has 1 aromatic carbocycles. The van der Waals surface area contributed by atoms with Crippen LogP contribution in [0, 0.1) is 5.92 Å². The molecule has 0 spiro atoms. The summed E-state index contributed by atoms with van der Waals surface area (Å²) in [4.78, 5) is 4.07. The van der Waals surface area contributed by atoms with Gasteiger partial charge < -0.3 is 9.32 Å². The number of rotatable bonds is 2. The Morgan fingerprint density at radius 2 is 2.00 bits per heavy atom. The van der Waals surface area contributed by atoms with Gasteiger partial charge in [-0.1, -0.05) is 12.1 Å². The first-order valence-corrected chi connectivity index (χ1v) is 8.96. The summed E-state index contributed by atoms with van der Waals surface area (Å²) in [6.45, 7) is 5.00. The standard InChI is InChI=1S/C18H20N2OS/c1-2-15-10-20(17-11-19-6-3-13(17)4-7-19)22-18(15)9-14(1)16-5-8-21-12-16/h1-2,5,8-9,12-13,17H,3-4,6-7,10-11H2/t17-/m1/s1. The zero-order valence-electron chi connectivity index (χ0n) is 12.6. The number of hydrogen-bond acceptors (Lipinski definition) is 4. The predicted octanol–water partition coefficient (Wildman–Crippen LogP) is 3.86. The van der Waals surface area contributed by atoms with Gasteiger partial charge in [0.15, 0.2) is 0 Å². The van der Waals surface area contributed by atoms with E-state index in [0.29, 0.717) is 0 Å². The highest BCUT2D eigenvalue weighted by Crippen LogP contribution is 2.43. The van der Waals surface area contributed by atoms with E-state index in [1.54, 1.807) is 6.26 Å². The van der Waals surface area contributed by atoms with Gasteiger partial charge in [0.05, 0.1) is 12.5 Å². The minimum Gasteiger partial charge on any atom is -0.472 e. The van der Waals surface area contributed by atoms with Gasteiger partial charge in [-0.2, -0.15) is 0 Å². The molecule has 0 N–H and O–H groups in total. The molecule has 0 radical (unpaired) electrons. The maximum Gasteiger partial charge on any atom is 0.0980 e. The Labute approximate surface area is 135 Å². The molecule has 2 aromatic rings. The lowest BCUT2D eigenvalue weighted by Crippen LogP contribution is -2.54. The van der Waals surface area contributed by atoms with Crippen LogP contribution in [0.1, 0.15) is 18.4 Å². The molecule has 2 bridgehead atoms. The Morgan fingerprint density at radius 3 is 2.73 bits per heavy atom. The second-order valence-electron chi connectivity index (χ2n) is 6.71. The van der Waals surface area contributed by atoms with Crippen molar-refractivity contribution in [3.05, 3.63) is 42.4 Å². The van der Waals surface area contributed by atoms with Crippen molar-refractivity contribution in [1.29, 1.82) is 0 Å². The van der Waals surface area contributed by atoms with Crippen LogP contribution in [0.5, 0.6) is 0 Å². The average molecular weight is 312 g/mol. The summed E-state index contributed by atoms with van der Waals surface area (Å²) in [5, 5.41) is 0. The lowest BCUT2D eigenvalue weighted by Gasteiger charge is -2.47. The average Bonchev–Trinajstić information content (AvgIpc) is 3.24. The van der Waals surface area contributed by atoms with E-state index in [1.807, 2.05) is 24.3 Å². The Bertz CT molecular complexity index is 676. The molecule has 114 valence electrons. The highest BCUT2D eigenvalue weighted by Gasteiger charge is 2.39. The molecule has 1 atom stereocenters. The van der Waals surface area contributed by atoms with E-state index in [-0.39, 0.29) is 0 Å². The van der Waals surface area contributed by atoms with E-state index in [9.17, 15) is 0 Å². The van der Waals surface area contributed by atoms with Gasteiger partial charge in [0.1, 0.15) is 0 Å². The van der Waals surface area contributed by atoms with Crippen molar-refractivity contribution in [2.24, 2.45) is 5.92 Å². The number of benzene rings is 1. The number of hydrogen-bond donors (Lipinski definition) is 0. The fourth-order valence-electron chi connectivity index (χ4n) is 4.15. The summed E-state index contributed by atoms with van der Waals surface area (Å²) in [6.07, 6.45) is 6.35. The van der Waals surface area contributed by atoms with Gasteiger partial charge in [-0.25, -0.2) is 4.31 Å². The maximum atomic E-state index is 5.22. The Hall–Kier alpha value is -1.23. The number of fused-ring (bicyclic) bond motifs is 4. The summed E-state index contributed by atoms with van der Waals surface area (Å²) in [7, 11) is 0. The molecule has 6 rings (SSSR count). The monoisotopic (exact) mass is 312 g/mol. The van der Waals surface area contributed by atoms with Gasteiger partial charge in [0.25, 0.3) is 0 Å². The lowest BCUT2D eigenvalue weighted by atomic mass is 9.84. The smallest absolute Gasteiger partial charge is 0.0980 e. The van der Waals surface area contributed by atoms with Crippen molar-refractivity contribution in [3.63, 3.8) is 0 Å². The van der Waals surface area contributed by atoms with Crippen LogP contribution in [0.2, 0.25) is 0 Å². The molecule has 5 heterocycles. The molecule has 4 aliphatic heterocycles. The second kappa shape index (κ2) is 5.15. The zero-order chi connectivity index (χ0) is 14.5. The van der Waals surface area contributed by atoms with Crippen molar-refractivity contribution >= 4 is 11.9 Å². The van der Waals surface area contributed by atoms with Crippen LogP contribution in [0.15, 0.2) is 46.1 Å². The van der Waals surface area contributed by atoms with Crippen LogP contribution in [-0.4, -0.2) is 34.9 Å². The third-order valence-electron chi connectivity index (χ3n) is 5.46. The van der Waals surface area contributed by atoms with Crippen molar-refractivity contribution in [2.75, 3.05) is 19.6 Å². The Kier molecular flexibility index (Phi) is 3.10. The molecule has 0 amide bonds. The summed E-state index contributed by atoms with van der Waals surface area (Å²) in [5.41, 5.74) is 3.91. The molecule has 0 unspecified atom stereocenters. The topological polar surface area (TPSA) is 19.6 Å². The highest BCUT2D eigenvalue weighted by atomic mass is 32.2.